The fourth-order valence-electron chi connectivity index (χ4n) is 2.66. The first-order valence-corrected chi connectivity index (χ1v) is 8.50. The number of hydrogen-bond acceptors (Lipinski definition) is 4. The largest absolute Gasteiger partial charge is 0.392 e. The molecular weight excluding hydrogens is 312 g/mol. The van der Waals surface area contributed by atoms with Gasteiger partial charge < -0.3 is 9.94 Å². The molecule has 0 saturated heterocycles. The van der Waals surface area contributed by atoms with E-state index in [9.17, 15) is 5.11 Å². The van der Waals surface area contributed by atoms with Crippen molar-refractivity contribution < 1.29 is 9.94 Å². The summed E-state index contributed by atoms with van der Waals surface area (Å²) in [4.78, 5) is 7.77. The molecule has 0 aromatic heterocycles. The van der Waals surface area contributed by atoms with Crippen molar-refractivity contribution in [3.05, 3.63) is 47.5 Å². The Morgan fingerprint density at radius 2 is 2.22 bits per heavy atom. The molecular formula is C18H25ClN2O2. The quantitative estimate of drug-likeness (QED) is 0.702. The molecule has 0 radical (unpaired) electrons. The Labute approximate surface area is 143 Å². The number of aliphatic hydroxyl groups excluding tert-OH is 1. The lowest BCUT2D eigenvalue weighted by Crippen LogP contribution is -2.38. The molecule has 23 heavy (non-hydrogen) atoms. The van der Waals surface area contributed by atoms with Gasteiger partial charge >= 0.3 is 0 Å². The number of hydrogen-bond donors (Lipinski definition) is 1. The van der Waals surface area contributed by atoms with Crippen molar-refractivity contribution in [2.75, 3.05) is 19.6 Å². The molecule has 0 saturated carbocycles. The van der Waals surface area contributed by atoms with Crippen LogP contribution in [0, 0.1) is 0 Å². The number of rotatable bonds is 9. The normalized spacial score (nSPS) is 18.6. The second kappa shape index (κ2) is 9.06. The molecule has 1 aromatic rings. The Morgan fingerprint density at radius 1 is 1.48 bits per heavy atom. The summed E-state index contributed by atoms with van der Waals surface area (Å²) in [6, 6.07) is 7.65. The zero-order valence-electron chi connectivity index (χ0n) is 13.6. The summed E-state index contributed by atoms with van der Waals surface area (Å²) in [5, 5.41) is 15.0. The van der Waals surface area contributed by atoms with Crippen LogP contribution in [0.4, 0.5) is 0 Å². The maximum atomic E-state index is 10.0. The van der Waals surface area contributed by atoms with Gasteiger partial charge in [0, 0.05) is 24.5 Å². The smallest absolute Gasteiger partial charge is 0.145 e. The molecule has 0 fully saturated rings. The molecule has 1 heterocycles. The van der Waals surface area contributed by atoms with Gasteiger partial charge in [-0.3, -0.25) is 4.90 Å². The number of allylic oxidation sites excluding steroid dienone is 1. The molecule has 0 unspecified atom stereocenters. The number of halogens is 1. The highest BCUT2D eigenvalue weighted by atomic mass is 35.5. The van der Waals surface area contributed by atoms with Gasteiger partial charge in [0.2, 0.25) is 0 Å². The van der Waals surface area contributed by atoms with Crippen LogP contribution in [0.2, 0.25) is 5.02 Å². The molecule has 1 N–H and O–H groups in total. The van der Waals surface area contributed by atoms with E-state index in [0.29, 0.717) is 6.54 Å². The van der Waals surface area contributed by atoms with Crippen molar-refractivity contribution in [2.45, 2.75) is 38.4 Å². The summed E-state index contributed by atoms with van der Waals surface area (Å²) in [6.45, 7) is 8.08. The predicted molar refractivity (Wildman–Crippen MR) is 95.0 cm³/mol. The maximum absolute atomic E-state index is 10.0. The number of nitrogens with zero attached hydrogens (tertiary/aromatic N) is 2. The Bertz CT molecular complexity index is 530. The third-order valence-corrected chi connectivity index (χ3v) is 4.24. The molecule has 4 nitrogen and oxygen atoms in total. The minimum Gasteiger partial charge on any atom is -0.392 e. The van der Waals surface area contributed by atoms with Crippen molar-refractivity contribution in [3.63, 3.8) is 0 Å². The monoisotopic (exact) mass is 336 g/mol. The highest BCUT2D eigenvalue weighted by molar-refractivity contribution is 6.30. The average molecular weight is 337 g/mol. The molecule has 1 aromatic carbocycles. The van der Waals surface area contributed by atoms with E-state index in [1.54, 1.807) is 0 Å². The van der Waals surface area contributed by atoms with Gasteiger partial charge in [-0.15, -0.1) is 6.58 Å². The molecule has 1 aliphatic heterocycles. The minimum atomic E-state index is -0.328. The molecule has 0 bridgehead atoms. The van der Waals surface area contributed by atoms with E-state index >= 15 is 0 Å². The fourth-order valence-corrected chi connectivity index (χ4v) is 2.79. The van der Waals surface area contributed by atoms with Crippen molar-refractivity contribution in [2.24, 2.45) is 5.16 Å². The van der Waals surface area contributed by atoms with Crippen LogP contribution in [-0.2, 0) is 4.84 Å². The molecule has 0 aliphatic carbocycles. The van der Waals surface area contributed by atoms with E-state index in [0.717, 1.165) is 48.6 Å². The fraction of sp³-hybridized carbons (Fsp3) is 0.500. The van der Waals surface area contributed by atoms with Crippen molar-refractivity contribution in [1.82, 2.24) is 4.90 Å². The van der Waals surface area contributed by atoms with Gasteiger partial charge in [0.15, 0.2) is 0 Å². The van der Waals surface area contributed by atoms with E-state index in [-0.39, 0.29) is 12.2 Å². The van der Waals surface area contributed by atoms with Crippen LogP contribution in [0.3, 0.4) is 0 Å². The summed E-state index contributed by atoms with van der Waals surface area (Å²) < 4.78 is 0. The van der Waals surface area contributed by atoms with Gasteiger partial charge in [-0.25, -0.2) is 0 Å². The van der Waals surface area contributed by atoms with Crippen molar-refractivity contribution in [3.8, 4) is 0 Å². The van der Waals surface area contributed by atoms with Crippen LogP contribution < -0.4 is 0 Å². The Hall–Kier alpha value is -1.36. The molecule has 0 spiro atoms. The van der Waals surface area contributed by atoms with Crippen LogP contribution >= 0.6 is 11.6 Å². The topological polar surface area (TPSA) is 45.1 Å². The Kier molecular flexibility index (Phi) is 7.09. The molecule has 2 rings (SSSR count). The van der Waals surface area contributed by atoms with Crippen molar-refractivity contribution in [1.29, 1.82) is 0 Å². The van der Waals surface area contributed by atoms with E-state index < -0.39 is 0 Å². The first kappa shape index (κ1) is 18.0. The van der Waals surface area contributed by atoms with E-state index in [2.05, 4.69) is 23.6 Å². The maximum Gasteiger partial charge on any atom is 0.145 e. The number of aliphatic hydroxyl groups is 1. The number of benzene rings is 1. The van der Waals surface area contributed by atoms with Gasteiger partial charge in [0.1, 0.15) is 6.10 Å². The lowest BCUT2D eigenvalue weighted by Gasteiger charge is -2.25. The predicted octanol–water partition coefficient (Wildman–Crippen LogP) is 3.48. The molecule has 0 amide bonds. The third kappa shape index (κ3) is 5.65. The lowest BCUT2D eigenvalue weighted by atomic mass is 10.0. The molecule has 126 valence electrons. The number of oxime groups is 1. The van der Waals surface area contributed by atoms with Crippen LogP contribution in [0.15, 0.2) is 42.1 Å². The van der Waals surface area contributed by atoms with Gasteiger partial charge in [0.25, 0.3) is 0 Å². The molecule has 1 aliphatic rings. The van der Waals surface area contributed by atoms with E-state index in [4.69, 9.17) is 16.4 Å². The summed E-state index contributed by atoms with van der Waals surface area (Å²) in [5.74, 6) is 0. The summed E-state index contributed by atoms with van der Waals surface area (Å²) in [6.07, 6.45) is 3.91. The lowest BCUT2D eigenvalue weighted by molar-refractivity contribution is 0.0356. The van der Waals surface area contributed by atoms with Gasteiger partial charge in [0.05, 0.1) is 11.8 Å². The Balaban J connectivity index is 1.82. The van der Waals surface area contributed by atoms with Crippen LogP contribution in [0.25, 0.3) is 0 Å². The third-order valence-electron chi connectivity index (χ3n) is 3.99. The summed E-state index contributed by atoms with van der Waals surface area (Å²) in [7, 11) is 0. The minimum absolute atomic E-state index is 0.0345. The number of likely N-dealkylation sites (N-methyl/N-ethyl adjacent to an activating group) is 1. The molecule has 5 heteroatoms. The van der Waals surface area contributed by atoms with E-state index in [1.807, 2.05) is 30.3 Å². The second-order valence-electron chi connectivity index (χ2n) is 5.85. The summed E-state index contributed by atoms with van der Waals surface area (Å²) >= 11 is 5.91. The average Bonchev–Trinajstić information content (AvgIpc) is 3.01. The Morgan fingerprint density at radius 3 is 2.87 bits per heavy atom. The van der Waals surface area contributed by atoms with Gasteiger partial charge in [-0.05, 0) is 37.1 Å². The highest BCUT2D eigenvalue weighted by Gasteiger charge is 2.24. The van der Waals surface area contributed by atoms with E-state index in [1.165, 1.54) is 0 Å². The van der Waals surface area contributed by atoms with Crippen LogP contribution in [-0.4, -0.2) is 47.6 Å². The van der Waals surface area contributed by atoms with Gasteiger partial charge in [-0.2, -0.15) is 0 Å². The molecule has 2 atom stereocenters. The second-order valence-corrected chi connectivity index (χ2v) is 6.28. The zero-order valence-corrected chi connectivity index (χ0v) is 14.4. The summed E-state index contributed by atoms with van der Waals surface area (Å²) in [5.41, 5.74) is 2.00. The van der Waals surface area contributed by atoms with Crippen molar-refractivity contribution >= 4 is 17.3 Å². The van der Waals surface area contributed by atoms with Crippen LogP contribution in [0.5, 0.6) is 0 Å². The first-order chi connectivity index (χ1) is 11.1. The standard InChI is InChI=1S/C18H25ClN2O2/c1-3-5-6-16(22)12-21(4-2)13-17-11-18(20-23-17)14-7-9-15(19)10-8-14/h3,7-10,16-17,22H,1,4-6,11-13H2,2H3/t16-,17-/m0/s1. The van der Waals surface area contributed by atoms with Crippen LogP contribution in [0.1, 0.15) is 31.7 Å². The zero-order chi connectivity index (χ0) is 16.7. The van der Waals surface area contributed by atoms with Gasteiger partial charge in [-0.1, -0.05) is 41.9 Å². The first-order valence-electron chi connectivity index (χ1n) is 8.12. The SMILES string of the molecule is C=CCC[C@H](O)CN(CC)C[C@@H]1CC(c2ccc(Cl)cc2)=NO1. The highest BCUT2D eigenvalue weighted by Crippen LogP contribution is 2.19.